The molecule has 2 aromatic carbocycles. The first-order valence-corrected chi connectivity index (χ1v) is 11.2. The zero-order valence-corrected chi connectivity index (χ0v) is 18.6. The van der Waals surface area contributed by atoms with E-state index in [1.807, 2.05) is 0 Å². The second-order valence-electron chi connectivity index (χ2n) is 9.15. The summed E-state index contributed by atoms with van der Waals surface area (Å²) in [4.78, 5) is 0. The second kappa shape index (κ2) is 7.44. The summed E-state index contributed by atoms with van der Waals surface area (Å²) in [5.74, 6) is 0. The molecule has 0 fully saturated rings. The van der Waals surface area contributed by atoms with Crippen LogP contribution in [-0.2, 0) is 11.0 Å². The molecule has 0 bridgehead atoms. The lowest BCUT2D eigenvalue weighted by molar-refractivity contribution is -0.765. The van der Waals surface area contributed by atoms with Crippen LogP contribution in [0.15, 0.2) is 66.9 Å². The zero-order valence-electron chi connectivity index (χ0n) is 18.6. The van der Waals surface area contributed by atoms with Crippen LogP contribution in [0.3, 0.4) is 0 Å². The number of aryl methyl sites for hydroxylation is 1. The Kier molecular flexibility index (Phi) is 5.11. The highest BCUT2D eigenvalue weighted by Crippen LogP contribution is 2.50. The van der Waals surface area contributed by atoms with Crippen molar-refractivity contribution in [3.8, 4) is 22.4 Å². The normalized spacial score (nSPS) is 22.8. The van der Waals surface area contributed by atoms with Gasteiger partial charge in [0, 0.05) is 25.0 Å². The molecule has 0 radical (unpaired) electrons. The van der Waals surface area contributed by atoms with Crippen molar-refractivity contribution in [1.29, 1.82) is 0 Å². The van der Waals surface area contributed by atoms with E-state index in [9.17, 15) is 0 Å². The summed E-state index contributed by atoms with van der Waals surface area (Å²) >= 11 is 0. The number of unbranched alkanes of at least 4 members (excludes halogenated alkanes) is 1. The first kappa shape index (κ1) is 19.9. The van der Waals surface area contributed by atoms with E-state index in [0.717, 1.165) is 6.42 Å². The number of rotatable bonds is 5. The monoisotopic (exact) mass is 384 g/mol. The number of aromatic nitrogens is 1. The lowest BCUT2D eigenvalue weighted by Gasteiger charge is -2.46. The molecule has 4 rings (SSSR count). The van der Waals surface area contributed by atoms with Gasteiger partial charge >= 0.3 is 0 Å². The van der Waals surface area contributed by atoms with Gasteiger partial charge in [-0.2, -0.15) is 4.57 Å². The van der Waals surface area contributed by atoms with E-state index < -0.39 is 0 Å². The maximum absolute atomic E-state index is 2.59. The summed E-state index contributed by atoms with van der Waals surface area (Å²) in [5.41, 5.74) is 8.34. The van der Waals surface area contributed by atoms with Crippen molar-refractivity contribution in [2.24, 2.45) is 0 Å². The fraction of sp³-hybridized carbons (Fsp3) is 0.393. The van der Waals surface area contributed by atoms with Gasteiger partial charge in [-0.05, 0) is 49.1 Å². The minimum Gasteiger partial charge on any atom is -0.192 e. The Bertz CT molecular complexity index is 1020. The molecule has 3 aromatic rings. The van der Waals surface area contributed by atoms with Gasteiger partial charge < -0.3 is 0 Å². The smallest absolute Gasteiger partial charge is 0.192 e. The molecular weight excluding hydrogens is 350 g/mol. The summed E-state index contributed by atoms with van der Waals surface area (Å²) in [7, 11) is 0. The van der Waals surface area contributed by atoms with E-state index in [2.05, 4.69) is 106 Å². The van der Waals surface area contributed by atoms with Crippen molar-refractivity contribution in [2.45, 2.75) is 71.3 Å². The standard InChI is InChI=1S/C28H34N/c1-6-8-18-27(4)25-16-15-23(22-12-10-9-11-13-22)19-24(25)26-17-14-21(3)20-29(26)28(27,5)7-2/h9-17,19-20H,6-8,18H2,1-5H3/q+1. The number of pyridine rings is 1. The SMILES string of the molecule is CCCCC1(C)c2ccc(-c3ccccc3)cc2-c2ccc(C)c[n+]2C1(C)CC. The Morgan fingerprint density at radius 1 is 0.862 bits per heavy atom. The van der Waals surface area contributed by atoms with Crippen LogP contribution in [0, 0.1) is 6.92 Å². The van der Waals surface area contributed by atoms with Crippen molar-refractivity contribution < 1.29 is 4.57 Å². The van der Waals surface area contributed by atoms with Gasteiger partial charge in [-0.25, -0.2) is 0 Å². The van der Waals surface area contributed by atoms with Crippen LogP contribution in [0.4, 0.5) is 0 Å². The number of benzene rings is 2. The molecule has 1 aromatic heterocycles. The number of fused-ring (bicyclic) bond motifs is 3. The van der Waals surface area contributed by atoms with Gasteiger partial charge in [-0.15, -0.1) is 0 Å². The van der Waals surface area contributed by atoms with E-state index in [0.29, 0.717) is 0 Å². The van der Waals surface area contributed by atoms with Crippen LogP contribution >= 0.6 is 0 Å². The molecule has 2 atom stereocenters. The Labute approximate surface area is 176 Å². The molecule has 0 saturated carbocycles. The average molecular weight is 385 g/mol. The maximum atomic E-state index is 2.59. The van der Waals surface area contributed by atoms with Gasteiger partial charge in [0.15, 0.2) is 11.7 Å². The van der Waals surface area contributed by atoms with Crippen LogP contribution < -0.4 is 4.57 Å². The van der Waals surface area contributed by atoms with Crippen LogP contribution in [0.2, 0.25) is 0 Å². The van der Waals surface area contributed by atoms with E-state index in [4.69, 9.17) is 0 Å². The van der Waals surface area contributed by atoms with Crippen LogP contribution in [-0.4, -0.2) is 0 Å². The van der Waals surface area contributed by atoms with Crippen molar-refractivity contribution in [3.05, 3.63) is 78.0 Å². The van der Waals surface area contributed by atoms with Crippen molar-refractivity contribution in [1.82, 2.24) is 0 Å². The molecule has 1 nitrogen and oxygen atoms in total. The van der Waals surface area contributed by atoms with Gasteiger partial charge in [0.2, 0.25) is 5.69 Å². The van der Waals surface area contributed by atoms with Gasteiger partial charge in [0.1, 0.15) is 0 Å². The number of hydrogen-bond acceptors (Lipinski definition) is 0. The van der Waals surface area contributed by atoms with Gasteiger partial charge in [-0.3, -0.25) is 0 Å². The van der Waals surface area contributed by atoms with Crippen molar-refractivity contribution >= 4 is 0 Å². The summed E-state index contributed by atoms with van der Waals surface area (Å²) in [6.45, 7) is 11.8. The predicted molar refractivity (Wildman–Crippen MR) is 123 cm³/mol. The van der Waals surface area contributed by atoms with E-state index in [-0.39, 0.29) is 11.0 Å². The number of hydrogen-bond donors (Lipinski definition) is 0. The molecule has 0 saturated heterocycles. The van der Waals surface area contributed by atoms with Crippen LogP contribution in [0.1, 0.15) is 64.5 Å². The largest absolute Gasteiger partial charge is 0.213 e. The Balaban J connectivity index is 2.00. The minimum absolute atomic E-state index is 0.0603. The van der Waals surface area contributed by atoms with Crippen molar-refractivity contribution in [2.75, 3.05) is 0 Å². The molecule has 29 heavy (non-hydrogen) atoms. The molecule has 1 aliphatic rings. The quantitative estimate of drug-likeness (QED) is 0.409. The molecule has 2 unspecified atom stereocenters. The van der Waals surface area contributed by atoms with Crippen molar-refractivity contribution in [3.63, 3.8) is 0 Å². The summed E-state index contributed by atoms with van der Waals surface area (Å²) < 4.78 is 2.59. The second-order valence-corrected chi connectivity index (χ2v) is 9.15. The Hall–Kier alpha value is -2.41. The molecule has 0 spiro atoms. The first-order valence-electron chi connectivity index (χ1n) is 11.2. The summed E-state index contributed by atoms with van der Waals surface area (Å²) in [6.07, 6.45) is 7.20. The minimum atomic E-state index is 0.0603. The highest BCUT2D eigenvalue weighted by molar-refractivity contribution is 5.75. The third kappa shape index (κ3) is 3.03. The summed E-state index contributed by atoms with van der Waals surface area (Å²) in [5, 5.41) is 0. The molecule has 1 aliphatic heterocycles. The Morgan fingerprint density at radius 2 is 1.62 bits per heavy atom. The first-order chi connectivity index (χ1) is 13.9. The van der Waals surface area contributed by atoms with Crippen LogP contribution in [0.5, 0.6) is 0 Å². The fourth-order valence-electron chi connectivity index (χ4n) is 5.33. The van der Waals surface area contributed by atoms with Crippen LogP contribution in [0.25, 0.3) is 22.4 Å². The van der Waals surface area contributed by atoms with Gasteiger partial charge in [0.25, 0.3) is 0 Å². The molecule has 0 N–H and O–H groups in total. The lowest BCUT2D eigenvalue weighted by atomic mass is 9.59. The van der Waals surface area contributed by atoms with Gasteiger partial charge in [-0.1, -0.05) is 69.2 Å². The Morgan fingerprint density at radius 3 is 2.31 bits per heavy atom. The molecule has 2 heterocycles. The third-order valence-corrected chi connectivity index (χ3v) is 7.53. The molecular formula is C28H34N+. The predicted octanol–water partition coefficient (Wildman–Crippen LogP) is 7.20. The molecule has 150 valence electrons. The molecule has 1 heteroatoms. The number of nitrogens with zero attached hydrogens (tertiary/aromatic N) is 1. The van der Waals surface area contributed by atoms with E-state index in [1.165, 1.54) is 52.8 Å². The lowest BCUT2D eigenvalue weighted by Crippen LogP contribution is -2.67. The average Bonchev–Trinajstić information content (AvgIpc) is 2.76. The topological polar surface area (TPSA) is 3.88 Å². The third-order valence-electron chi connectivity index (χ3n) is 7.53. The zero-order chi connectivity index (χ0) is 20.6. The molecule has 0 aliphatic carbocycles. The summed E-state index contributed by atoms with van der Waals surface area (Å²) in [6, 6.07) is 22.5. The fourth-order valence-corrected chi connectivity index (χ4v) is 5.33. The van der Waals surface area contributed by atoms with Gasteiger partial charge in [0.05, 0.1) is 11.0 Å². The molecule has 0 amide bonds. The van der Waals surface area contributed by atoms with E-state index in [1.54, 1.807) is 0 Å². The maximum Gasteiger partial charge on any atom is 0.213 e. The van der Waals surface area contributed by atoms with E-state index >= 15 is 0 Å². The highest BCUT2D eigenvalue weighted by Gasteiger charge is 2.56. The highest BCUT2D eigenvalue weighted by atomic mass is 15.1.